The maximum Gasteiger partial charge on any atom is 0.214 e. The molecule has 0 bridgehead atoms. The van der Waals surface area contributed by atoms with E-state index in [1.165, 1.54) is 23.9 Å². The average Bonchev–Trinajstić information content (AvgIpc) is 3.02. The number of hydrogen-bond donors (Lipinski definition) is 0. The van der Waals surface area contributed by atoms with E-state index in [1.807, 2.05) is 30.3 Å². The largest absolute Gasteiger partial charge is 0.293 e. The summed E-state index contributed by atoms with van der Waals surface area (Å²) in [6, 6.07) is 15.3. The van der Waals surface area contributed by atoms with Gasteiger partial charge in [-0.1, -0.05) is 42.1 Å². The Morgan fingerprint density at radius 2 is 1.82 bits per heavy atom. The van der Waals surface area contributed by atoms with E-state index in [2.05, 4.69) is 15.5 Å². The molecular formula is C15H11FN4OS. The van der Waals surface area contributed by atoms with E-state index in [9.17, 15) is 9.18 Å². The van der Waals surface area contributed by atoms with Crippen molar-refractivity contribution < 1.29 is 9.18 Å². The fraction of sp³-hybridized carbons (Fsp3) is 0.0667. The Labute approximate surface area is 130 Å². The Morgan fingerprint density at radius 1 is 1.09 bits per heavy atom. The minimum absolute atomic E-state index is 0.0636. The highest BCUT2D eigenvalue weighted by Crippen LogP contribution is 2.20. The van der Waals surface area contributed by atoms with Gasteiger partial charge in [-0.05, 0) is 34.7 Å². The Balaban J connectivity index is 1.75. The number of aromatic nitrogens is 4. The maximum absolute atomic E-state index is 13.6. The van der Waals surface area contributed by atoms with Crippen LogP contribution in [-0.4, -0.2) is 31.7 Å². The highest BCUT2D eigenvalue weighted by molar-refractivity contribution is 7.99. The normalized spacial score (nSPS) is 10.6. The van der Waals surface area contributed by atoms with E-state index in [-0.39, 0.29) is 17.1 Å². The molecule has 1 aromatic heterocycles. The van der Waals surface area contributed by atoms with Crippen LogP contribution in [0.15, 0.2) is 59.8 Å². The number of Topliss-reactive ketones (excluding diaryl/α,β-unsaturated/α-hetero) is 1. The fourth-order valence-electron chi connectivity index (χ4n) is 1.90. The number of benzene rings is 2. The first-order valence-corrected chi connectivity index (χ1v) is 7.48. The van der Waals surface area contributed by atoms with Crippen LogP contribution in [0, 0.1) is 5.82 Å². The highest BCUT2D eigenvalue weighted by atomic mass is 32.2. The van der Waals surface area contributed by atoms with E-state index < -0.39 is 5.82 Å². The van der Waals surface area contributed by atoms with Crippen LogP contribution in [0.25, 0.3) is 5.69 Å². The summed E-state index contributed by atoms with van der Waals surface area (Å²) in [6.07, 6.45) is 0. The third-order valence-electron chi connectivity index (χ3n) is 2.95. The molecule has 1 heterocycles. The van der Waals surface area contributed by atoms with Gasteiger partial charge in [0.1, 0.15) is 5.82 Å². The summed E-state index contributed by atoms with van der Waals surface area (Å²) in [5.41, 5.74) is 0.877. The summed E-state index contributed by atoms with van der Waals surface area (Å²) in [7, 11) is 0. The molecule has 0 unspecified atom stereocenters. The van der Waals surface area contributed by atoms with Gasteiger partial charge in [0.25, 0.3) is 0 Å². The van der Waals surface area contributed by atoms with Crippen LogP contribution in [0.3, 0.4) is 0 Å². The lowest BCUT2D eigenvalue weighted by atomic mass is 10.1. The molecule has 0 atom stereocenters. The second-order valence-corrected chi connectivity index (χ2v) is 5.34. The Hall–Kier alpha value is -2.54. The van der Waals surface area contributed by atoms with Crippen LogP contribution in [0.1, 0.15) is 10.4 Å². The molecule has 0 saturated heterocycles. The van der Waals surface area contributed by atoms with Crippen molar-refractivity contribution in [2.24, 2.45) is 0 Å². The molecule has 0 fully saturated rings. The van der Waals surface area contributed by atoms with E-state index in [4.69, 9.17) is 0 Å². The van der Waals surface area contributed by atoms with Crippen molar-refractivity contribution in [1.29, 1.82) is 0 Å². The number of ketones is 1. The number of carbonyl (C=O) groups is 1. The molecule has 22 heavy (non-hydrogen) atoms. The molecule has 0 saturated carbocycles. The minimum atomic E-state index is -0.518. The highest BCUT2D eigenvalue weighted by Gasteiger charge is 2.14. The number of thioether (sulfide) groups is 1. The first kappa shape index (κ1) is 14.4. The zero-order valence-corrected chi connectivity index (χ0v) is 12.2. The quantitative estimate of drug-likeness (QED) is 0.535. The molecule has 0 radical (unpaired) electrons. The summed E-state index contributed by atoms with van der Waals surface area (Å²) in [5.74, 6) is -0.754. The summed E-state index contributed by atoms with van der Waals surface area (Å²) in [6.45, 7) is 0. The summed E-state index contributed by atoms with van der Waals surface area (Å²) in [5, 5.41) is 11.9. The van der Waals surface area contributed by atoms with Crippen molar-refractivity contribution in [2.75, 3.05) is 5.75 Å². The van der Waals surface area contributed by atoms with Gasteiger partial charge in [-0.25, -0.2) is 4.39 Å². The summed E-state index contributed by atoms with van der Waals surface area (Å²) < 4.78 is 15.1. The zero-order valence-electron chi connectivity index (χ0n) is 11.4. The predicted molar refractivity (Wildman–Crippen MR) is 80.6 cm³/mol. The standard InChI is InChI=1S/C15H11FN4OS/c16-13-9-5-4-8-12(13)14(21)10-22-15-17-18-19-20(15)11-6-2-1-3-7-11/h1-9H,10H2. The second-order valence-electron chi connectivity index (χ2n) is 4.40. The molecule has 0 spiro atoms. The van der Waals surface area contributed by atoms with Crippen LogP contribution < -0.4 is 0 Å². The third kappa shape index (κ3) is 3.04. The van der Waals surface area contributed by atoms with Crippen molar-refractivity contribution >= 4 is 17.5 Å². The number of tetrazole rings is 1. The van der Waals surface area contributed by atoms with Gasteiger partial charge >= 0.3 is 0 Å². The molecule has 0 aliphatic rings. The molecule has 0 N–H and O–H groups in total. The first-order chi connectivity index (χ1) is 10.8. The number of nitrogens with zero attached hydrogens (tertiary/aromatic N) is 4. The second kappa shape index (κ2) is 6.48. The van der Waals surface area contributed by atoms with Crippen molar-refractivity contribution in [1.82, 2.24) is 20.2 Å². The molecule has 0 amide bonds. The summed E-state index contributed by atoms with van der Waals surface area (Å²) in [4.78, 5) is 12.1. The molecule has 7 heteroatoms. The molecule has 110 valence electrons. The van der Waals surface area contributed by atoms with Gasteiger partial charge in [-0.2, -0.15) is 4.68 Å². The number of carbonyl (C=O) groups excluding carboxylic acids is 1. The SMILES string of the molecule is O=C(CSc1nnnn1-c1ccccc1)c1ccccc1F. The number of halogens is 1. The van der Waals surface area contributed by atoms with Gasteiger partial charge in [0.2, 0.25) is 5.16 Å². The molecule has 3 rings (SSSR count). The average molecular weight is 314 g/mol. The zero-order chi connectivity index (χ0) is 15.4. The van der Waals surface area contributed by atoms with E-state index in [1.54, 1.807) is 16.8 Å². The van der Waals surface area contributed by atoms with Gasteiger partial charge in [0.15, 0.2) is 5.78 Å². The van der Waals surface area contributed by atoms with Gasteiger partial charge in [0.05, 0.1) is 17.0 Å². The fourth-order valence-corrected chi connectivity index (χ4v) is 2.67. The van der Waals surface area contributed by atoms with Crippen LogP contribution >= 0.6 is 11.8 Å². The lowest BCUT2D eigenvalue weighted by Crippen LogP contribution is -2.06. The molecule has 0 aliphatic heterocycles. The van der Waals surface area contributed by atoms with Crippen molar-refractivity contribution in [3.63, 3.8) is 0 Å². The van der Waals surface area contributed by atoms with Gasteiger partial charge in [-0.15, -0.1) is 5.10 Å². The molecule has 5 nitrogen and oxygen atoms in total. The number of rotatable bonds is 5. The van der Waals surface area contributed by atoms with Gasteiger partial charge in [-0.3, -0.25) is 4.79 Å². The van der Waals surface area contributed by atoms with Gasteiger partial charge < -0.3 is 0 Å². The topological polar surface area (TPSA) is 60.7 Å². The predicted octanol–water partition coefficient (Wildman–Crippen LogP) is 2.78. The Bertz CT molecular complexity index is 791. The maximum atomic E-state index is 13.6. The van der Waals surface area contributed by atoms with Crippen molar-refractivity contribution in [3.05, 3.63) is 66.0 Å². The Morgan fingerprint density at radius 3 is 2.59 bits per heavy atom. The third-order valence-corrected chi connectivity index (χ3v) is 3.87. The van der Waals surface area contributed by atoms with Gasteiger partial charge in [0, 0.05) is 0 Å². The van der Waals surface area contributed by atoms with E-state index >= 15 is 0 Å². The molecule has 2 aromatic carbocycles. The van der Waals surface area contributed by atoms with Crippen LogP contribution in [-0.2, 0) is 0 Å². The lowest BCUT2D eigenvalue weighted by molar-refractivity contribution is 0.101. The molecular weight excluding hydrogens is 303 g/mol. The minimum Gasteiger partial charge on any atom is -0.293 e. The first-order valence-electron chi connectivity index (χ1n) is 6.50. The number of hydrogen-bond acceptors (Lipinski definition) is 5. The smallest absolute Gasteiger partial charge is 0.214 e. The van der Waals surface area contributed by atoms with Crippen LogP contribution in [0.4, 0.5) is 4.39 Å². The van der Waals surface area contributed by atoms with Crippen molar-refractivity contribution in [3.8, 4) is 5.69 Å². The van der Waals surface area contributed by atoms with E-state index in [0.717, 1.165) is 5.69 Å². The van der Waals surface area contributed by atoms with Crippen LogP contribution in [0.5, 0.6) is 0 Å². The molecule has 3 aromatic rings. The van der Waals surface area contributed by atoms with Crippen LogP contribution in [0.2, 0.25) is 0 Å². The number of para-hydroxylation sites is 1. The molecule has 0 aliphatic carbocycles. The Kier molecular flexibility index (Phi) is 4.24. The van der Waals surface area contributed by atoms with Crippen molar-refractivity contribution in [2.45, 2.75) is 5.16 Å². The monoisotopic (exact) mass is 314 g/mol. The van der Waals surface area contributed by atoms with E-state index in [0.29, 0.717) is 5.16 Å². The lowest BCUT2D eigenvalue weighted by Gasteiger charge is -2.04. The summed E-state index contributed by atoms with van der Waals surface area (Å²) >= 11 is 1.17.